The van der Waals surface area contributed by atoms with Crippen LogP contribution in [0.15, 0.2) is 0 Å². The zero-order valence-electron chi connectivity index (χ0n) is 17.4. The minimum absolute atomic E-state index is 0.130. The Bertz CT molecular complexity index is 856. The van der Waals surface area contributed by atoms with Gasteiger partial charge in [0.25, 0.3) is 0 Å². The molecule has 29 heavy (non-hydrogen) atoms. The van der Waals surface area contributed by atoms with E-state index in [-0.39, 0.29) is 6.10 Å². The number of fused-ring (bicyclic) bond motifs is 3. The average Bonchev–Trinajstić information content (AvgIpc) is 3.08. The third-order valence-electron chi connectivity index (χ3n) is 6.85. The number of nitrogens with one attached hydrogen (secondary N) is 2. The van der Waals surface area contributed by atoms with Gasteiger partial charge in [-0.05, 0) is 56.4 Å². The van der Waals surface area contributed by atoms with Crippen LogP contribution in [0, 0.1) is 5.92 Å². The molecule has 7 heteroatoms. The maximum Gasteiger partial charge on any atom is 0.187 e. The lowest BCUT2D eigenvalue weighted by Gasteiger charge is -2.27. The molecular weight excluding hydrogens is 384 g/mol. The molecular formula is C22H33N4O2S+. The molecule has 1 aliphatic heterocycles. The molecule has 0 spiro atoms. The zero-order chi connectivity index (χ0) is 19.8. The summed E-state index contributed by atoms with van der Waals surface area (Å²) in [6, 6.07) is 0.401. The first-order valence-corrected chi connectivity index (χ1v) is 12.1. The van der Waals surface area contributed by atoms with E-state index in [1.165, 1.54) is 38.4 Å². The highest BCUT2D eigenvalue weighted by atomic mass is 32.1. The van der Waals surface area contributed by atoms with E-state index in [1.54, 1.807) is 0 Å². The van der Waals surface area contributed by atoms with Crippen LogP contribution in [0.5, 0.6) is 0 Å². The number of aromatic nitrogens is 2. The van der Waals surface area contributed by atoms with Crippen molar-refractivity contribution >= 4 is 27.4 Å². The maximum atomic E-state index is 9.88. The monoisotopic (exact) mass is 417 g/mol. The van der Waals surface area contributed by atoms with Crippen molar-refractivity contribution in [2.45, 2.75) is 70.6 Å². The Morgan fingerprint density at radius 2 is 1.93 bits per heavy atom. The van der Waals surface area contributed by atoms with Gasteiger partial charge in [0.2, 0.25) is 0 Å². The number of aliphatic hydroxyl groups is 1. The van der Waals surface area contributed by atoms with Crippen LogP contribution in [0.25, 0.3) is 10.2 Å². The van der Waals surface area contributed by atoms with Crippen molar-refractivity contribution in [2.75, 3.05) is 31.6 Å². The van der Waals surface area contributed by atoms with Crippen molar-refractivity contribution in [1.29, 1.82) is 0 Å². The molecule has 2 aromatic heterocycles. The van der Waals surface area contributed by atoms with Crippen molar-refractivity contribution in [3.63, 3.8) is 0 Å². The molecule has 158 valence electrons. The predicted octanol–water partition coefficient (Wildman–Crippen LogP) is 1.95. The van der Waals surface area contributed by atoms with Gasteiger partial charge < -0.3 is 20.1 Å². The van der Waals surface area contributed by atoms with E-state index in [0.29, 0.717) is 6.04 Å². The summed E-state index contributed by atoms with van der Waals surface area (Å²) in [5.41, 5.74) is 1.49. The quantitative estimate of drug-likeness (QED) is 0.709. The average molecular weight is 418 g/mol. The Morgan fingerprint density at radius 1 is 1.14 bits per heavy atom. The fourth-order valence-electron chi connectivity index (χ4n) is 5.04. The topological polar surface area (TPSA) is 71.7 Å². The van der Waals surface area contributed by atoms with Crippen LogP contribution in [0.4, 0.5) is 5.82 Å². The zero-order valence-corrected chi connectivity index (χ0v) is 18.2. The number of thiophene rings is 1. The number of aliphatic hydroxyl groups excluding tert-OH is 1. The SMILES string of the molecule is C[C@H]1CCc2c(sc3nc(C[NH+]4CCOCC4)nc(NC4CCC(O)CC4)c23)C1. The Hall–Kier alpha value is -1.28. The minimum atomic E-state index is -0.130. The van der Waals surface area contributed by atoms with E-state index in [2.05, 4.69) is 12.2 Å². The number of morpholine rings is 1. The lowest BCUT2D eigenvalue weighted by Crippen LogP contribution is -3.12. The molecule has 0 radical (unpaired) electrons. The minimum Gasteiger partial charge on any atom is -0.393 e. The molecule has 0 aromatic carbocycles. The first-order valence-electron chi connectivity index (χ1n) is 11.3. The molecule has 2 fully saturated rings. The van der Waals surface area contributed by atoms with Gasteiger partial charge in [-0.2, -0.15) is 0 Å². The van der Waals surface area contributed by atoms with Gasteiger partial charge in [0.05, 0.1) is 24.7 Å². The molecule has 3 heterocycles. The second-order valence-corrected chi connectivity index (χ2v) is 10.3. The number of ether oxygens (including phenoxy) is 1. The molecule has 3 N–H and O–H groups in total. The highest BCUT2D eigenvalue weighted by molar-refractivity contribution is 7.19. The van der Waals surface area contributed by atoms with Crippen LogP contribution in [-0.4, -0.2) is 53.5 Å². The summed E-state index contributed by atoms with van der Waals surface area (Å²) in [6.45, 7) is 6.96. The van der Waals surface area contributed by atoms with Gasteiger partial charge in [0.15, 0.2) is 5.82 Å². The van der Waals surface area contributed by atoms with Gasteiger partial charge in [-0.15, -0.1) is 11.3 Å². The molecule has 0 amide bonds. The van der Waals surface area contributed by atoms with Crippen molar-refractivity contribution in [3.8, 4) is 0 Å². The van der Waals surface area contributed by atoms with Crippen LogP contribution >= 0.6 is 11.3 Å². The summed E-state index contributed by atoms with van der Waals surface area (Å²) >= 11 is 1.89. The van der Waals surface area contributed by atoms with Crippen LogP contribution in [0.2, 0.25) is 0 Å². The standard InChI is InChI=1S/C22H32N4O2S/c1-14-2-7-17-18(12-14)29-22-20(17)21(23-15-3-5-16(27)6-4-15)24-19(25-22)13-26-8-10-28-11-9-26/h14-16,27H,2-13H2,1H3,(H,23,24,25)/p+1/t14-,15?,16?/m0/s1. The lowest BCUT2D eigenvalue weighted by atomic mass is 9.89. The van der Waals surface area contributed by atoms with E-state index >= 15 is 0 Å². The van der Waals surface area contributed by atoms with E-state index in [1.807, 2.05) is 11.3 Å². The number of hydrogen-bond donors (Lipinski definition) is 3. The largest absolute Gasteiger partial charge is 0.393 e. The summed E-state index contributed by atoms with van der Waals surface area (Å²) in [4.78, 5) is 14.3. The van der Waals surface area contributed by atoms with Crippen LogP contribution < -0.4 is 10.2 Å². The van der Waals surface area contributed by atoms with Crippen molar-refractivity contribution in [1.82, 2.24) is 9.97 Å². The summed E-state index contributed by atoms with van der Waals surface area (Å²) in [6.07, 6.45) is 7.25. The van der Waals surface area contributed by atoms with Crippen LogP contribution in [-0.2, 0) is 24.1 Å². The van der Waals surface area contributed by atoms with Crippen molar-refractivity contribution < 1.29 is 14.7 Å². The Morgan fingerprint density at radius 3 is 2.72 bits per heavy atom. The highest BCUT2D eigenvalue weighted by Crippen LogP contribution is 2.40. The van der Waals surface area contributed by atoms with Crippen molar-refractivity contribution in [2.24, 2.45) is 5.92 Å². The molecule has 3 aliphatic rings. The second kappa shape index (κ2) is 8.46. The van der Waals surface area contributed by atoms with Gasteiger partial charge in [-0.3, -0.25) is 0 Å². The number of aryl methyl sites for hydroxylation is 1. The number of quaternary nitrogens is 1. The van der Waals surface area contributed by atoms with Gasteiger partial charge in [0.1, 0.15) is 30.3 Å². The van der Waals surface area contributed by atoms with Gasteiger partial charge in [-0.25, -0.2) is 9.97 Å². The molecule has 1 saturated carbocycles. The van der Waals surface area contributed by atoms with E-state index in [4.69, 9.17) is 14.7 Å². The number of hydrogen-bond acceptors (Lipinski definition) is 6. The second-order valence-electron chi connectivity index (χ2n) is 9.21. The normalized spacial score (nSPS) is 28.4. The molecule has 0 bridgehead atoms. The highest BCUT2D eigenvalue weighted by Gasteiger charge is 2.27. The number of anilines is 1. The third kappa shape index (κ3) is 4.29. The Labute approximate surface area is 176 Å². The Balaban J connectivity index is 1.48. The molecule has 5 rings (SSSR count). The molecule has 1 saturated heterocycles. The Kier molecular flexibility index (Phi) is 5.74. The third-order valence-corrected chi connectivity index (χ3v) is 8.00. The lowest BCUT2D eigenvalue weighted by molar-refractivity contribution is -0.922. The van der Waals surface area contributed by atoms with E-state index in [9.17, 15) is 5.11 Å². The number of rotatable bonds is 4. The molecule has 6 nitrogen and oxygen atoms in total. The van der Waals surface area contributed by atoms with E-state index in [0.717, 1.165) is 82.5 Å². The van der Waals surface area contributed by atoms with Crippen LogP contribution in [0.3, 0.4) is 0 Å². The summed E-state index contributed by atoms with van der Waals surface area (Å²) in [5, 5.41) is 14.9. The summed E-state index contributed by atoms with van der Waals surface area (Å²) < 4.78 is 5.51. The molecule has 2 aliphatic carbocycles. The fraction of sp³-hybridized carbons (Fsp3) is 0.727. The summed E-state index contributed by atoms with van der Waals surface area (Å²) in [5.74, 6) is 2.77. The first kappa shape index (κ1) is 19.7. The summed E-state index contributed by atoms with van der Waals surface area (Å²) in [7, 11) is 0. The van der Waals surface area contributed by atoms with Crippen molar-refractivity contribution in [3.05, 3.63) is 16.3 Å². The molecule has 1 atom stereocenters. The van der Waals surface area contributed by atoms with Crippen LogP contribution in [0.1, 0.15) is 55.3 Å². The fourth-order valence-corrected chi connectivity index (χ4v) is 6.45. The van der Waals surface area contributed by atoms with E-state index < -0.39 is 0 Å². The first-order chi connectivity index (χ1) is 14.2. The number of nitrogens with zero attached hydrogens (tertiary/aromatic N) is 2. The molecule has 0 unspecified atom stereocenters. The van der Waals surface area contributed by atoms with Gasteiger partial charge in [0, 0.05) is 10.9 Å². The smallest absolute Gasteiger partial charge is 0.187 e. The van der Waals surface area contributed by atoms with Gasteiger partial charge in [-0.1, -0.05) is 6.92 Å². The maximum absolute atomic E-state index is 9.88. The van der Waals surface area contributed by atoms with Gasteiger partial charge >= 0.3 is 0 Å². The predicted molar refractivity (Wildman–Crippen MR) is 116 cm³/mol. The molecule has 2 aromatic rings.